The van der Waals surface area contributed by atoms with Crippen molar-refractivity contribution in [1.82, 2.24) is 15.1 Å². The summed E-state index contributed by atoms with van der Waals surface area (Å²) in [6, 6.07) is 1.62. The highest BCUT2D eigenvalue weighted by Crippen LogP contribution is 2.13. The summed E-state index contributed by atoms with van der Waals surface area (Å²) in [6.07, 6.45) is 0.484. The predicted octanol–water partition coefficient (Wildman–Crippen LogP) is 0.689. The van der Waals surface area contributed by atoms with Crippen molar-refractivity contribution >= 4 is 15.7 Å². The molecule has 0 radical (unpaired) electrons. The van der Waals surface area contributed by atoms with E-state index in [0.29, 0.717) is 12.1 Å². The number of carbonyl (C=O) groups is 1. The van der Waals surface area contributed by atoms with E-state index in [-0.39, 0.29) is 29.5 Å². The number of carbonyl (C=O) groups excluding carboxylic acids is 1. The Bertz CT molecular complexity index is 589. The highest BCUT2D eigenvalue weighted by molar-refractivity contribution is 7.91. The molecule has 1 aromatic rings. The lowest BCUT2D eigenvalue weighted by molar-refractivity contribution is 0.0935. The summed E-state index contributed by atoms with van der Waals surface area (Å²) in [5.74, 6) is -0.121. The van der Waals surface area contributed by atoms with E-state index in [0.717, 1.165) is 5.69 Å². The van der Waals surface area contributed by atoms with E-state index in [4.69, 9.17) is 0 Å². The van der Waals surface area contributed by atoms with Crippen LogP contribution in [0.25, 0.3) is 0 Å². The van der Waals surface area contributed by atoms with Gasteiger partial charge in [-0.05, 0) is 33.3 Å². The SMILES string of the molecule is Cc1cc(C(=O)NC2CCS(=O)(=O)C2)nn1C(C)C. The summed E-state index contributed by atoms with van der Waals surface area (Å²) in [5.41, 5.74) is 1.26. The molecule has 1 aliphatic rings. The van der Waals surface area contributed by atoms with Crippen molar-refractivity contribution in [2.24, 2.45) is 0 Å². The van der Waals surface area contributed by atoms with E-state index in [1.54, 1.807) is 10.7 Å². The Morgan fingerprint density at radius 3 is 2.68 bits per heavy atom. The summed E-state index contributed by atoms with van der Waals surface area (Å²) in [6.45, 7) is 5.88. The van der Waals surface area contributed by atoms with Crippen LogP contribution in [0.1, 0.15) is 42.5 Å². The molecule has 106 valence electrons. The van der Waals surface area contributed by atoms with Crippen LogP contribution < -0.4 is 5.32 Å². The molecule has 1 atom stereocenters. The normalized spacial score (nSPS) is 21.8. The van der Waals surface area contributed by atoms with Crippen molar-refractivity contribution in [3.63, 3.8) is 0 Å². The molecule has 0 spiro atoms. The highest BCUT2D eigenvalue weighted by Gasteiger charge is 2.29. The van der Waals surface area contributed by atoms with Gasteiger partial charge in [-0.2, -0.15) is 5.10 Å². The maximum Gasteiger partial charge on any atom is 0.272 e. The average molecular weight is 285 g/mol. The van der Waals surface area contributed by atoms with Crippen LogP contribution in [-0.2, 0) is 9.84 Å². The van der Waals surface area contributed by atoms with Crippen LogP contribution in [0.4, 0.5) is 0 Å². The third-order valence-corrected chi connectivity index (χ3v) is 4.98. The lowest BCUT2D eigenvalue weighted by Gasteiger charge is -2.09. The molecule has 2 heterocycles. The minimum atomic E-state index is -2.98. The van der Waals surface area contributed by atoms with Gasteiger partial charge in [0.25, 0.3) is 5.91 Å². The molecular weight excluding hydrogens is 266 g/mol. The van der Waals surface area contributed by atoms with Crippen molar-refractivity contribution in [2.75, 3.05) is 11.5 Å². The van der Waals surface area contributed by atoms with E-state index >= 15 is 0 Å². The molecule has 1 aliphatic heterocycles. The summed E-state index contributed by atoms with van der Waals surface area (Å²) in [7, 11) is -2.98. The summed E-state index contributed by atoms with van der Waals surface area (Å²) >= 11 is 0. The Morgan fingerprint density at radius 2 is 2.21 bits per heavy atom. The number of nitrogens with one attached hydrogen (secondary N) is 1. The summed E-state index contributed by atoms with van der Waals surface area (Å²) in [4.78, 5) is 12.0. The van der Waals surface area contributed by atoms with Gasteiger partial charge in [-0.1, -0.05) is 0 Å². The molecule has 1 aromatic heterocycles. The molecule has 1 unspecified atom stereocenters. The standard InChI is InChI=1S/C12H19N3O3S/c1-8(2)15-9(3)6-11(14-15)12(16)13-10-4-5-19(17,18)7-10/h6,8,10H,4-5,7H2,1-3H3,(H,13,16). The molecule has 1 fully saturated rings. The third kappa shape index (κ3) is 3.15. The van der Waals surface area contributed by atoms with E-state index in [1.807, 2.05) is 20.8 Å². The molecule has 1 saturated heterocycles. The van der Waals surface area contributed by atoms with Crippen LogP contribution in [0.3, 0.4) is 0 Å². The van der Waals surface area contributed by atoms with Crippen LogP contribution in [0, 0.1) is 6.92 Å². The number of sulfone groups is 1. The Balaban J connectivity index is 2.07. The predicted molar refractivity (Wildman–Crippen MR) is 71.9 cm³/mol. The highest BCUT2D eigenvalue weighted by atomic mass is 32.2. The largest absolute Gasteiger partial charge is 0.347 e. The average Bonchev–Trinajstić information content (AvgIpc) is 2.82. The number of amides is 1. The quantitative estimate of drug-likeness (QED) is 0.886. The van der Waals surface area contributed by atoms with Gasteiger partial charge in [-0.3, -0.25) is 9.48 Å². The maximum absolute atomic E-state index is 12.0. The topological polar surface area (TPSA) is 81.1 Å². The first-order valence-electron chi connectivity index (χ1n) is 6.36. The molecule has 0 bridgehead atoms. The molecule has 0 aliphatic carbocycles. The maximum atomic E-state index is 12.0. The summed E-state index contributed by atoms with van der Waals surface area (Å²) in [5, 5.41) is 6.98. The van der Waals surface area contributed by atoms with Crippen molar-refractivity contribution in [3.05, 3.63) is 17.5 Å². The second-order valence-corrected chi connectivity index (χ2v) is 7.51. The van der Waals surface area contributed by atoms with E-state index in [9.17, 15) is 13.2 Å². The molecule has 6 nitrogen and oxygen atoms in total. The molecule has 1 amide bonds. The van der Waals surface area contributed by atoms with Gasteiger partial charge in [0.1, 0.15) is 5.69 Å². The lowest BCUT2D eigenvalue weighted by atomic mass is 10.2. The Labute approximate surface area is 113 Å². The molecular formula is C12H19N3O3S. The first kappa shape index (κ1) is 14.0. The minimum absolute atomic E-state index is 0.0304. The minimum Gasteiger partial charge on any atom is -0.347 e. The second kappa shape index (κ2) is 4.96. The van der Waals surface area contributed by atoms with Crippen molar-refractivity contribution < 1.29 is 13.2 Å². The fourth-order valence-electron chi connectivity index (χ4n) is 2.29. The molecule has 19 heavy (non-hydrogen) atoms. The van der Waals surface area contributed by atoms with Gasteiger partial charge in [0.15, 0.2) is 9.84 Å². The van der Waals surface area contributed by atoms with E-state index in [2.05, 4.69) is 10.4 Å². The van der Waals surface area contributed by atoms with Crippen LogP contribution in [0.2, 0.25) is 0 Å². The number of aromatic nitrogens is 2. The van der Waals surface area contributed by atoms with Gasteiger partial charge < -0.3 is 5.32 Å². The second-order valence-electron chi connectivity index (χ2n) is 5.28. The number of hydrogen-bond donors (Lipinski definition) is 1. The smallest absolute Gasteiger partial charge is 0.272 e. The fraction of sp³-hybridized carbons (Fsp3) is 0.667. The first-order chi connectivity index (χ1) is 8.78. The monoisotopic (exact) mass is 285 g/mol. The number of aryl methyl sites for hydroxylation is 1. The van der Waals surface area contributed by atoms with Gasteiger partial charge in [-0.15, -0.1) is 0 Å². The van der Waals surface area contributed by atoms with Crippen LogP contribution in [0.15, 0.2) is 6.07 Å². The number of hydrogen-bond acceptors (Lipinski definition) is 4. The molecule has 1 N–H and O–H groups in total. The van der Waals surface area contributed by atoms with Crippen molar-refractivity contribution in [1.29, 1.82) is 0 Å². The van der Waals surface area contributed by atoms with Gasteiger partial charge >= 0.3 is 0 Å². The Morgan fingerprint density at radius 1 is 1.53 bits per heavy atom. The zero-order valence-electron chi connectivity index (χ0n) is 11.4. The molecule has 2 rings (SSSR count). The van der Waals surface area contributed by atoms with E-state index in [1.165, 1.54) is 0 Å². The molecule has 0 aromatic carbocycles. The lowest BCUT2D eigenvalue weighted by Crippen LogP contribution is -2.35. The molecule has 0 saturated carbocycles. The zero-order valence-corrected chi connectivity index (χ0v) is 12.2. The Hall–Kier alpha value is -1.37. The van der Waals surface area contributed by atoms with Gasteiger partial charge in [-0.25, -0.2) is 8.42 Å². The van der Waals surface area contributed by atoms with Gasteiger partial charge in [0.2, 0.25) is 0 Å². The zero-order chi connectivity index (χ0) is 14.2. The first-order valence-corrected chi connectivity index (χ1v) is 8.18. The van der Waals surface area contributed by atoms with Crippen LogP contribution in [0.5, 0.6) is 0 Å². The van der Waals surface area contributed by atoms with Crippen molar-refractivity contribution in [2.45, 2.75) is 39.3 Å². The molecule has 7 heteroatoms. The van der Waals surface area contributed by atoms with Crippen molar-refractivity contribution in [3.8, 4) is 0 Å². The van der Waals surface area contributed by atoms with Crippen LogP contribution >= 0.6 is 0 Å². The van der Waals surface area contributed by atoms with Crippen LogP contribution in [-0.4, -0.2) is 41.7 Å². The number of nitrogens with zero attached hydrogens (tertiary/aromatic N) is 2. The number of rotatable bonds is 3. The van der Waals surface area contributed by atoms with Gasteiger partial charge in [0.05, 0.1) is 11.5 Å². The van der Waals surface area contributed by atoms with E-state index < -0.39 is 9.84 Å². The summed E-state index contributed by atoms with van der Waals surface area (Å²) < 4.78 is 24.4. The fourth-order valence-corrected chi connectivity index (χ4v) is 3.96. The Kier molecular flexibility index (Phi) is 3.66. The third-order valence-electron chi connectivity index (χ3n) is 3.21. The van der Waals surface area contributed by atoms with Gasteiger partial charge in [0, 0.05) is 17.8 Å².